The van der Waals surface area contributed by atoms with Gasteiger partial charge in [-0.3, -0.25) is 0 Å². The van der Waals surface area contributed by atoms with Gasteiger partial charge in [0.2, 0.25) is 0 Å². The molecule has 0 aromatic carbocycles. The molecule has 2 nitrogen and oxygen atoms in total. The molecule has 0 saturated carbocycles. The zero-order valence-electron chi connectivity index (χ0n) is 5.79. The van der Waals surface area contributed by atoms with Gasteiger partial charge in [-0.1, -0.05) is 0 Å². The second-order valence-electron chi connectivity index (χ2n) is 2.27. The van der Waals surface area contributed by atoms with Crippen LogP contribution in [0.15, 0.2) is 16.8 Å². The maximum absolute atomic E-state index is 8.60. The van der Waals surface area contributed by atoms with Gasteiger partial charge in [0.25, 0.3) is 0 Å². The van der Waals surface area contributed by atoms with Gasteiger partial charge >= 0.3 is 0 Å². The van der Waals surface area contributed by atoms with E-state index < -0.39 is 0 Å². The highest BCUT2D eigenvalue weighted by Crippen LogP contribution is 2.14. The van der Waals surface area contributed by atoms with Crippen molar-refractivity contribution in [2.24, 2.45) is 0 Å². The first-order valence-corrected chi connectivity index (χ1v) is 4.25. The Morgan fingerprint density at radius 2 is 2.50 bits per heavy atom. The summed E-state index contributed by atoms with van der Waals surface area (Å²) in [7, 11) is 0. The highest BCUT2D eigenvalue weighted by molar-refractivity contribution is 7.07. The first-order valence-electron chi connectivity index (χ1n) is 3.30. The molecule has 0 unspecified atom stereocenters. The molecule has 3 heteroatoms. The van der Waals surface area contributed by atoms with Crippen LogP contribution in [0, 0.1) is 0 Å². The third kappa shape index (κ3) is 1.80. The lowest BCUT2D eigenvalue weighted by Crippen LogP contribution is -2.53. The number of aliphatic hydroxyl groups is 1. The third-order valence-electron chi connectivity index (χ3n) is 1.49. The molecule has 0 aliphatic carbocycles. The largest absolute Gasteiger partial charge is 0.396 e. The number of aliphatic hydroxyl groups excluding tert-OH is 1. The van der Waals surface area contributed by atoms with Gasteiger partial charge < -0.3 is 10.8 Å². The Kier molecular flexibility index (Phi) is 2.86. The van der Waals surface area contributed by atoms with E-state index >= 15 is 0 Å². The van der Waals surface area contributed by atoms with Crippen molar-refractivity contribution in [1.82, 2.24) is 0 Å². The van der Waals surface area contributed by atoms with Crippen LogP contribution in [0.1, 0.15) is 18.0 Å². The second kappa shape index (κ2) is 3.71. The summed E-state index contributed by atoms with van der Waals surface area (Å²) in [5.74, 6) is 0. The van der Waals surface area contributed by atoms with Crippen molar-refractivity contribution in [3.63, 3.8) is 0 Å². The molecule has 0 bridgehead atoms. The van der Waals surface area contributed by atoms with Gasteiger partial charge in [-0.05, 0) is 16.8 Å². The number of hydrogen-bond donors (Lipinski definition) is 2. The van der Waals surface area contributed by atoms with Gasteiger partial charge in [-0.15, -0.1) is 0 Å². The summed E-state index contributed by atoms with van der Waals surface area (Å²) in [4.78, 5) is 0. The lowest BCUT2D eigenvalue weighted by Gasteiger charge is -2.01. The van der Waals surface area contributed by atoms with Gasteiger partial charge in [0, 0.05) is 18.6 Å². The molecule has 1 atom stereocenters. The Balaban J connectivity index is 2.50. The topological polar surface area (TPSA) is 47.9 Å². The monoisotopic (exact) mass is 158 g/mol. The SMILES string of the molecule is [NH3+][C@@H](CCO)c1ccsc1. The van der Waals surface area contributed by atoms with Crippen LogP contribution >= 0.6 is 11.3 Å². The molecule has 0 saturated heterocycles. The van der Waals surface area contributed by atoms with Gasteiger partial charge in [0.15, 0.2) is 0 Å². The van der Waals surface area contributed by atoms with Gasteiger partial charge in [-0.25, -0.2) is 0 Å². The van der Waals surface area contributed by atoms with Crippen LogP contribution in [-0.4, -0.2) is 11.7 Å². The Labute approximate surface area is 64.3 Å². The van der Waals surface area contributed by atoms with E-state index in [0.29, 0.717) is 0 Å². The average Bonchev–Trinajstić information content (AvgIpc) is 2.38. The zero-order valence-corrected chi connectivity index (χ0v) is 6.60. The molecule has 0 spiro atoms. The molecule has 0 aliphatic rings. The first kappa shape index (κ1) is 7.72. The van der Waals surface area contributed by atoms with E-state index in [2.05, 4.69) is 17.2 Å². The quantitative estimate of drug-likeness (QED) is 0.657. The van der Waals surface area contributed by atoms with Crippen molar-refractivity contribution in [3.05, 3.63) is 22.4 Å². The average molecular weight is 158 g/mol. The van der Waals surface area contributed by atoms with Crippen LogP contribution in [-0.2, 0) is 0 Å². The molecular formula is C7H12NOS+. The predicted molar refractivity (Wildman–Crippen MR) is 41.7 cm³/mol. The van der Waals surface area contributed by atoms with E-state index in [1.165, 1.54) is 5.56 Å². The minimum absolute atomic E-state index is 0.226. The molecule has 0 aliphatic heterocycles. The smallest absolute Gasteiger partial charge is 0.113 e. The Hall–Kier alpha value is -0.380. The Bertz CT molecular complexity index is 174. The first-order chi connectivity index (χ1) is 4.84. The fourth-order valence-corrected chi connectivity index (χ4v) is 1.57. The standard InChI is InChI=1S/C7H11NOS/c8-7(1-3-9)6-2-4-10-5-6/h2,4-5,7,9H,1,3,8H2/p+1/t7-/m0/s1. The van der Waals surface area contributed by atoms with Crippen molar-refractivity contribution in [2.75, 3.05) is 6.61 Å². The number of rotatable bonds is 3. The summed E-state index contributed by atoms with van der Waals surface area (Å²) >= 11 is 1.67. The summed E-state index contributed by atoms with van der Waals surface area (Å²) in [6.45, 7) is 0.226. The summed E-state index contributed by atoms with van der Waals surface area (Å²) < 4.78 is 0. The Morgan fingerprint density at radius 1 is 1.70 bits per heavy atom. The molecule has 0 fully saturated rings. The van der Waals surface area contributed by atoms with E-state index in [9.17, 15) is 0 Å². The molecule has 1 aromatic heterocycles. The molecule has 10 heavy (non-hydrogen) atoms. The Morgan fingerprint density at radius 3 is 3.00 bits per heavy atom. The van der Waals surface area contributed by atoms with Crippen LogP contribution in [0.3, 0.4) is 0 Å². The molecule has 1 heterocycles. The maximum atomic E-state index is 8.60. The van der Waals surface area contributed by atoms with Gasteiger partial charge in [-0.2, -0.15) is 11.3 Å². The van der Waals surface area contributed by atoms with Gasteiger partial charge in [0.1, 0.15) is 6.04 Å². The van der Waals surface area contributed by atoms with Crippen LogP contribution in [0.5, 0.6) is 0 Å². The molecule has 1 aromatic rings. The minimum atomic E-state index is 0.226. The lowest BCUT2D eigenvalue weighted by atomic mass is 10.1. The third-order valence-corrected chi connectivity index (χ3v) is 2.19. The summed E-state index contributed by atoms with van der Waals surface area (Å²) in [5, 5.41) is 12.7. The second-order valence-corrected chi connectivity index (χ2v) is 3.05. The van der Waals surface area contributed by atoms with Crippen molar-refractivity contribution in [3.8, 4) is 0 Å². The lowest BCUT2D eigenvalue weighted by molar-refractivity contribution is -0.428. The summed E-state index contributed by atoms with van der Waals surface area (Å²) in [6, 6.07) is 2.31. The highest BCUT2D eigenvalue weighted by Gasteiger charge is 2.07. The maximum Gasteiger partial charge on any atom is 0.113 e. The van der Waals surface area contributed by atoms with Crippen molar-refractivity contribution >= 4 is 11.3 Å². The van der Waals surface area contributed by atoms with E-state index in [-0.39, 0.29) is 12.6 Å². The summed E-state index contributed by atoms with van der Waals surface area (Å²) in [6.07, 6.45) is 0.761. The van der Waals surface area contributed by atoms with Crippen LogP contribution < -0.4 is 5.73 Å². The zero-order chi connectivity index (χ0) is 7.40. The van der Waals surface area contributed by atoms with E-state index in [1.54, 1.807) is 11.3 Å². The molecule has 4 N–H and O–H groups in total. The molecular weight excluding hydrogens is 146 g/mol. The highest BCUT2D eigenvalue weighted by atomic mass is 32.1. The van der Waals surface area contributed by atoms with Gasteiger partial charge in [0.05, 0.1) is 0 Å². The van der Waals surface area contributed by atoms with Crippen molar-refractivity contribution in [1.29, 1.82) is 0 Å². The van der Waals surface area contributed by atoms with Crippen LogP contribution in [0.25, 0.3) is 0 Å². The van der Waals surface area contributed by atoms with Crippen molar-refractivity contribution in [2.45, 2.75) is 12.5 Å². The predicted octanol–water partition coefficient (Wildman–Crippen LogP) is 0.414. The number of quaternary nitrogens is 1. The molecule has 0 amide bonds. The molecule has 0 radical (unpaired) electrons. The van der Waals surface area contributed by atoms with E-state index in [0.717, 1.165) is 6.42 Å². The van der Waals surface area contributed by atoms with Crippen molar-refractivity contribution < 1.29 is 10.8 Å². The minimum Gasteiger partial charge on any atom is -0.396 e. The fraction of sp³-hybridized carbons (Fsp3) is 0.429. The number of hydrogen-bond acceptors (Lipinski definition) is 2. The fourth-order valence-electron chi connectivity index (χ4n) is 0.830. The van der Waals surface area contributed by atoms with Crippen LogP contribution in [0.4, 0.5) is 0 Å². The van der Waals surface area contributed by atoms with Crippen LogP contribution in [0.2, 0.25) is 0 Å². The molecule has 1 rings (SSSR count). The summed E-state index contributed by atoms with van der Waals surface area (Å²) in [5.41, 5.74) is 5.15. The normalized spacial score (nSPS) is 13.4. The number of thiophene rings is 1. The molecule has 56 valence electrons. The van der Waals surface area contributed by atoms with E-state index in [1.807, 2.05) is 5.38 Å². The van der Waals surface area contributed by atoms with E-state index in [4.69, 9.17) is 5.11 Å².